The number of hydrogen-bond acceptors (Lipinski definition) is 3. The molecule has 1 aromatic heterocycles. The first-order valence-corrected chi connectivity index (χ1v) is 6.25. The van der Waals surface area contributed by atoms with Gasteiger partial charge in [0.15, 0.2) is 0 Å². The number of carbonyl (C=O) groups is 1. The first-order chi connectivity index (χ1) is 8.20. The average Bonchev–Trinajstić information content (AvgIpc) is 2.47. The summed E-state index contributed by atoms with van der Waals surface area (Å²) in [4.78, 5) is 11.7. The molecule has 0 fully saturated rings. The van der Waals surface area contributed by atoms with Gasteiger partial charge < -0.3 is 11.1 Å². The molecule has 0 saturated heterocycles. The second kappa shape index (κ2) is 5.52. The van der Waals surface area contributed by atoms with E-state index in [1.54, 1.807) is 0 Å². The van der Waals surface area contributed by atoms with Crippen molar-refractivity contribution in [3.63, 3.8) is 0 Å². The Kier molecular flexibility index (Phi) is 4.51. The third kappa shape index (κ3) is 4.14. The predicted octanol–water partition coefficient (Wildman–Crippen LogP) is 1.17. The molecule has 0 spiro atoms. The minimum Gasteiger partial charge on any atom is -0.352 e. The number of aryl methyl sites for hydroxylation is 2. The van der Waals surface area contributed by atoms with Gasteiger partial charge in [0.2, 0.25) is 5.91 Å². The molecule has 1 heterocycles. The normalized spacial score (nSPS) is 11.7. The molecule has 0 aliphatic rings. The standard InChI is InChI=1S/C13H24N4O/c1-9-11(10(2)17(5)16-9)8-15-12(18)6-7-13(3,4)14/h6-8,14H2,1-5H3,(H,15,18). The van der Waals surface area contributed by atoms with Crippen LogP contribution >= 0.6 is 0 Å². The van der Waals surface area contributed by atoms with Gasteiger partial charge in [-0.05, 0) is 34.1 Å². The maximum Gasteiger partial charge on any atom is 0.220 e. The second-order valence-corrected chi connectivity index (χ2v) is 5.54. The minimum atomic E-state index is -0.294. The lowest BCUT2D eigenvalue weighted by Crippen LogP contribution is -2.34. The lowest BCUT2D eigenvalue weighted by atomic mass is 10.00. The van der Waals surface area contributed by atoms with Crippen LogP contribution < -0.4 is 11.1 Å². The average molecular weight is 252 g/mol. The van der Waals surface area contributed by atoms with Gasteiger partial charge in [-0.2, -0.15) is 5.10 Å². The predicted molar refractivity (Wildman–Crippen MR) is 72.0 cm³/mol. The minimum absolute atomic E-state index is 0.0381. The lowest BCUT2D eigenvalue weighted by Gasteiger charge is -2.17. The Hall–Kier alpha value is -1.36. The zero-order valence-corrected chi connectivity index (χ0v) is 12.0. The third-order valence-electron chi connectivity index (χ3n) is 3.12. The van der Waals surface area contributed by atoms with Crippen LogP contribution in [0.1, 0.15) is 43.6 Å². The summed E-state index contributed by atoms with van der Waals surface area (Å²) in [5, 5.41) is 7.24. The quantitative estimate of drug-likeness (QED) is 0.826. The third-order valence-corrected chi connectivity index (χ3v) is 3.12. The van der Waals surface area contributed by atoms with Crippen molar-refractivity contribution < 1.29 is 4.79 Å². The van der Waals surface area contributed by atoms with Gasteiger partial charge in [0, 0.05) is 36.8 Å². The highest BCUT2D eigenvalue weighted by Gasteiger charge is 2.14. The Balaban J connectivity index is 2.48. The van der Waals surface area contributed by atoms with Crippen LogP contribution in [0.3, 0.4) is 0 Å². The van der Waals surface area contributed by atoms with Crippen molar-refractivity contribution in [2.45, 2.75) is 52.6 Å². The van der Waals surface area contributed by atoms with Gasteiger partial charge >= 0.3 is 0 Å². The van der Waals surface area contributed by atoms with Gasteiger partial charge in [0.05, 0.1) is 5.69 Å². The summed E-state index contributed by atoms with van der Waals surface area (Å²) >= 11 is 0. The van der Waals surface area contributed by atoms with E-state index in [0.29, 0.717) is 19.4 Å². The first-order valence-electron chi connectivity index (χ1n) is 6.25. The molecule has 1 rings (SSSR count). The van der Waals surface area contributed by atoms with Crippen LogP contribution in [0, 0.1) is 13.8 Å². The fourth-order valence-electron chi connectivity index (χ4n) is 1.78. The Morgan fingerprint density at radius 2 is 2.06 bits per heavy atom. The van der Waals surface area contributed by atoms with Crippen molar-refractivity contribution in [3.05, 3.63) is 17.0 Å². The van der Waals surface area contributed by atoms with E-state index >= 15 is 0 Å². The summed E-state index contributed by atoms with van der Waals surface area (Å²) in [6.45, 7) is 8.35. The maximum atomic E-state index is 11.7. The Bertz CT molecular complexity index is 429. The van der Waals surface area contributed by atoms with Crippen molar-refractivity contribution in [3.8, 4) is 0 Å². The van der Waals surface area contributed by atoms with Gasteiger partial charge in [-0.3, -0.25) is 9.48 Å². The molecule has 0 aliphatic heterocycles. The zero-order valence-electron chi connectivity index (χ0n) is 12.0. The number of nitrogens with two attached hydrogens (primary N) is 1. The number of carbonyl (C=O) groups excluding carboxylic acids is 1. The summed E-state index contributed by atoms with van der Waals surface area (Å²) in [5.74, 6) is 0.0381. The molecule has 0 bridgehead atoms. The molecule has 0 saturated carbocycles. The molecule has 3 N–H and O–H groups in total. The molecule has 18 heavy (non-hydrogen) atoms. The van der Waals surface area contributed by atoms with Crippen LogP contribution in [0.15, 0.2) is 0 Å². The molecule has 5 heteroatoms. The fraction of sp³-hybridized carbons (Fsp3) is 0.692. The zero-order chi connectivity index (χ0) is 13.9. The molecular weight excluding hydrogens is 228 g/mol. The molecule has 5 nitrogen and oxygen atoms in total. The van der Waals surface area contributed by atoms with Crippen LogP contribution in [0.2, 0.25) is 0 Å². The van der Waals surface area contributed by atoms with Crippen molar-refractivity contribution >= 4 is 5.91 Å². The second-order valence-electron chi connectivity index (χ2n) is 5.54. The highest BCUT2D eigenvalue weighted by Crippen LogP contribution is 2.12. The summed E-state index contributed by atoms with van der Waals surface area (Å²) in [6, 6.07) is 0. The molecular formula is C13H24N4O. The van der Waals surface area contributed by atoms with Gasteiger partial charge in [0.1, 0.15) is 0 Å². The van der Waals surface area contributed by atoms with E-state index < -0.39 is 0 Å². The molecule has 0 unspecified atom stereocenters. The number of hydrogen-bond donors (Lipinski definition) is 2. The highest BCUT2D eigenvalue weighted by molar-refractivity contribution is 5.76. The molecule has 102 valence electrons. The molecule has 0 aromatic carbocycles. The highest BCUT2D eigenvalue weighted by atomic mass is 16.1. The van der Waals surface area contributed by atoms with Crippen LogP contribution in [-0.4, -0.2) is 21.2 Å². The van der Waals surface area contributed by atoms with Crippen molar-refractivity contribution in [1.29, 1.82) is 0 Å². The smallest absolute Gasteiger partial charge is 0.220 e. The summed E-state index contributed by atoms with van der Waals surface area (Å²) in [7, 11) is 1.91. The largest absolute Gasteiger partial charge is 0.352 e. The summed E-state index contributed by atoms with van der Waals surface area (Å²) in [5.41, 5.74) is 8.71. The number of rotatable bonds is 5. The Morgan fingerprint density at radius 3 is 2.50 bits per heavy atom. The van der Waals surface area contributed by atoms with Crippen LogP contribution in [0.4, 0.5) is 0 Å². The molecule has 0 atom stereocenters. The van der Waals surface area contributed by atoms with Gasteiger partial charge in [-0.25, -0.2) is 0 Å². The van der Waals surface area contributed by atoms with E-state index in [1.165, 1.54) is 0 Å². The molecule has 0 aliphatic carbocycles. The fourth-order valence-corrected chi connectivity index (χ4v) is 1.78. The van der Waals surface area contributed by atoms with E-state index in [-0.39, 0.29) is 11.4 Å². The van der Waals surface area contributed by atoms with E-state index in [1.807, 2.05) is 39.4 Å². The van der Waals surface area contributed by atoms with Crippen molar-refractivity contribution in [2.75, 3.05) is 0 Å². The number of aromatic nitrogens is 2. The SMILES string of the molecule is Cc1nn(C)c(C)c1CNC(=O)CCC(C)(C)N. The van der Waals surface area contributed by atoms with Gasteiger partial charge in [-0.15, -0.1) is 0 Å². The van der Waals surface area contributed by atoms with Crippen LogP contribution in [-0.2, 0) is 18.4 Å². The van der Waals surface area contributed by atoms with Crippen LogP contribution in [0.25, 0.3) is 0 Å². The lowest BCUT2D eigenvalue weighted by molar-refractivity contribution is -0.121. The molecule has 1 aromatic rings. The van der Waals surface area contributed by atoms with Crippen molar-refractivity contribution in [1.82, 2.24) is 15.1 Å². The molecule has 1 amide bonds. The topological polar surface area (TPSA) is 72.9 Å². The van der Waals surface area contributed by atoms with E-state index in [9.17, 15) is 4.79 Å². The summed E-state index contributed by atoms with van der Waals surface area (Å²) in [6.07, 6.45) is 1.14. The maximum absolute atomic E-state index is 11.7. The number of amides is 1. The van der Waals surface area contributed by atoms with Crippen LogP contribution in [0.5, 0.6) is 0 Å². The van der Waals surface area contributed by atoms with Gasteiger partial charge in [0.25, 0.3) is 0 Å². The van der Waals surface area contributed by atoms with E-state index in [4.69, 9.17) is 5.73 Å². The Labute approximate surface area is 109 Å². The summed E-state index contributed by atoms with van der Waals surface area (Å²) < 4.78 is 1.83. The molecule has 0 radical (unpaired) electrons. The Morgan fingerprint density at radius 1 is 1.44 bits per heavy atom. The monoisotopic (exact) mass is 252 g/mol. The number of nitrogens with one attached hydrogen (secondary N) is 1. The van der Waals surface area contributed by atoms with Gasteiger partial charge in [-0.1, -0.05) is 0 Å². The van der Waals surface area contributed by atoms with Crippen molar-refractivity contribution in [2.24, 2.45) is 12.8 Å². The number of nitrogens with zero attached hydrogens (tertiary/aromatic N) is 2. The van der Waals surface area contributed by atoms with E-state index in [2.05, 4.69) is 10.4 Å². The van der Waals surface area contributed by atoms with E-state index in [0.717, 1.165) is 17.0 Å². The first kappa shape index (κ1) is 14.7.